The first-order valence-electron chi connectivity index (χ1n) is 7.76. The first kappa shape index (κ1) is 16.9. The lowest BCUT2D eigenvalue weighted by Gasteiger charge is -2.30. The van der Waals surface area contributed by atoms with Crippen molar-refractivity contribution >= 4 is 28.1 Å². The second-order valence-corrected chi connectivity index (χ2v) is 6.18. The molecule has 1 aromatic rings. The second-order valence-electron chi connectivity index (χ2n) is 5.81. The minimum Gasteiger partial charge on any atom is -0.326 e. The summed E-state index contributed by atoms with van der Waals surface area (Å²) >= 11 is 5.89. The molecule has 2 atom stereocenters. The highest BCUT2D eigenvalue weighted by Gasteiger charge is 2.34. The fourth-order valence-electron chi connectivity index (χ4n) is 3.05. The van der Waals surface area contributed by atoms with E-state index in [1.54, 1.807) is 0 Å². The van der Waals surface area contributed by atoms with Gasteiger partial charge in [0, 0.05) is 12.3 Å². The van der Waals surface area contributed by atoms with Crippen LogP contribution in [0.25, 0.3) is 5.57 Å². The first-order chi connectivity index (χ1) is 10.5. The van der Waals surface area contributed by atoms with Crippen LogP contribution in [0.5, 0.6) is 0 Å². The number of nitrogens with zero attached hydrogens (tertiary/aromatic N) is 1. The number of hydrogen-bond donors (Lipinski definition) is 1. The van der Waals surface area contributed by atoms with Crippen LogP contribution in [0.3, 0.4) is 0 Å². The molecule has 22 heavy (non-hydrogen) atoms. The molecule has 2 N–H and O–H groups in total. The number of hydrogen-bond acceptors (Lipinski definition) is 3. The number of rotatable bonds is 5. The minimum absolute atomic E-state index is 0.154. The van der Waals surface area contributed by atoms with Crippen molar-refractivity contribution in [2.45, 2.75) is 39.7 Å². The Morgan fingerprint density at radius 2 is 1.95 bits per heavy atom. The third kappa shape index (κ3) is 3.31. The molecule has 0 aromatic heterocycles. The van der Waals surface area contributed by atoms with E-state index in [1.807, 2.05) is 38.1 Å². The number of aliphatic imine (C=N–C) groups is 1. The summed E-state index contributed by atoms with van der Waals surface area (Å²) < 4.78 is 0. The molecular formula is C18H23ClN2O. The molecule has 0 spiro atoms. The van der Waals surface area contributed by atoms with E-state index in [-0.39, 0.29) is 11.3 Å². The van der Waals surface area contributed by atoms with Crippen molar-refractivity contribution in [1.82, 2.24) is 0 Å². The SMILES string of the molecule is CCCC1=NC(C)C(C(=O)Cl)C(c2ccc(C)cc2)=C1CN. The van der Waals surface area contributed by atoms with Crippen LogP contribution in [0.1, 0.15) is 37.8 Å². The summed E-state index contributed by atoms with van der Waals surface area (Å²) in [4.78, 5) is 16.7. The quantitative estimate of drug-likeness (QED) is 0.841. The Morgan fingerprint density at radius 1 is 1.32 bits per heavy atom. The lowest BCUT2D eigenvalue weighted by molar-refractivity contribution is -0.113. The van der Waals surface area contributed by atoms with Crippen molar-refractivity contribution in [3.8, 4) is 0 Å². The van der Waals surface area contributed by atoms with Crippen molar-refractivity contribution < 1.29 is 4.79 Å². The topological polar surface area (TPSA) is 55.5 Å². The van der Waals surface area contributed by atoms with E-state index in [2.05, 4.69) is 6.92 Å². The number of halogens is 1. The standard InChI is InChI=1S/C18H23ClN2O/c1-4-5-15-14(10-20)17(13-8-6-11(2)7-9-13)16(18(19)22)12(3)21-15/h6-9,12,16H,4-5,10,20H2,1-3H3. The van der Waals surface area contributed by atoms with Gasteiger partial charge in [0.15, 0.2) is 0 Å². The highest BCUT2D eigenvalue weighted by atomic mass is 35.5. The lowest BCUT2D eigenvalue weighted by Crippen LogP contribution is -2.32. The van der Waals surface area contributed by atoms with Gasteiger partial charge < -0.3 is 5.73 Å². The molecule has 2 rings (SSSR count). The third-order valence-corrected chi connectivity index (χ3v) is 4.36. The largest absolute Gasteiger partial charge is 0.326 e. The van der Waals surface area contributed by atoms with Crippen molar-refractivity contribution in [3.05, 3.63) is 41.0 Å². The molecule has 2 unspecified atom stereocenters. The smallest absolute Gasteiger partial charge is 0.231 e. The lowest BCUT2D eigenvalue weighted by atomic mass is 9.80. The molecule has 118 valence electrons. The molecule has 1 aliphatic rings. The Kier molecular flexibility index (Phi) is 5.54. The van der Waals surface area contributed by atoms with Gasteiger partial charge in [-0.1, -0.05) is 43.2 Å². The molecule has 0 saturated heterocycles. The van der Waals surface area contributed by atoms with Crippen LogP contribution < -0.4 is 5.73 Å². The predicted octanol–water partition coefficient (Wildman–Crippen LogP) is 3.73. The van der Waals surface area contributed by atoms with Crippen LogP contribution in [-0.2, 0) is 4.79 Å². The molecule has 4 heteroatoms. The summed E-state index contributed by atoms with van der Waals surface area (Å²) in [6, 6.07) is 8.01. The van der Waals surface area contributed by atoms with Crippen LogP contribution >= 0.6 is 11.6 Å². The summed E-state index contributed by atoms with van der Waals surface area (Å²) in [6.07, 6.45) is 1.87. The van der Waals surface area contributed by atoms with E-state index >= 15 is 0 Å². The monoisotopic (exact) mass is 318 g/mol. The highest BCUT2D eigenvalue weighted by Crippen LogP contribution is 2.37. The van der Waals surface area contributed by atoms with Crippen molar-refractivity contribution in [1.29, 1.82) is 0 Å². The maximum Gasteiger partial charge on any atom is 0.231 e. The zero-order valence-corrected chi connectivity index (χ0v) is 14.2. The van der Waals surface area contributed by atoms with Crippen molar-refractivity contribution in [2.75, 3.05) is 6.54 Å². The molecule has 0 saturated carbocycles. The maximum absolute atomic E-state index is 12.0. The minimum atomic E-state index is -0.427. The average Bonchev–Trinajstić information content (AvgIpc) is 2.47. The van der Waals surface area contributed by atoms with Crippen LogP contribution in [0, 0.1) is 12.8 Å². The number of nitrogens with two attached hydrogens (primary N) is 1. The Bertz CT molecular complexity index is 616. The van der Waals surface area contributed by atoms with Gasteiger partial charge >= 0.3 is 0 Å². The molecule has 0 aliphatic carbocycles. The second kappa shape index (κ2) is 7.21. The Labute approximate surface area is 137 Å². The first-order valence-corrected chi connectivity index (χ1v) is 8.13. The zero-order valence-electron chi connectivity index (χ0n) is 13.4. The number of aryl methyl sites for hydroxylation is 1. The maximum atomic E-state index is 12.0. The molecule has 0 radical (unpaired) electrons. The molecule has 1 heterocycles. The average molecular weight is 319 g/mol. The highest BCUT2D eigenvalue weighted by molar-refractivity contribution is 6.65. The van der Waals surface area contributed by atoms with E-state index in [4.69, 9.17) is 22.3 Å². The van der Waals surface area contributed by atoms with Crippen LogP contribution in [0.4, 0.5) is 0 Å². The van der Waals surface area contributed by atoms with Gasteiger partial charge in [-0.2, -0.15) is 0 Å². The van der Waals surface area contributed by atoms with Gasteiger partial charge in [-0.05, 0) is 48.6 Å². The van der Waals surface area contributed by atoms with E-state index in [9.17, 15) is 4.79 Å². The third-order valence-electron chi connectivity index (χ3n) is 4.12. The number of carbonyl (C=O) groups is 1. The summed E-state index contributed by atoms with van der Waals surface area (Å²) in [5.41, 5.74) is 11.1. The molecule has 0 fully saturated rings. The molecular weight excluding hydrogens is 296 g/mol. The van der Waals surface area contributed by atoms with Crippen LogP contribution in [0.15, 0.2) is 34.8 Å². The Morgan fingerprint density at radius 3 is 2.45 bits per heavy atom. The Balaban J connectivity index is 2.63. The fourth-order valence-corrected chi connectivity index (χ4v) is 3.34. The molecule has 1 aliphatic heterocycles. The summed E-state index contributed by atoms with van der Waals surface area (Å²) in [5, 5.41) is -0.367. The van der Waals surface area contributed by atoms with Gasteiger partial charge in [-0.25, -0.2) is 0 Å². The summed E-state index contributed by atoms with van der Waals surface area (Å²) in [5.74, 6) is -0.427. The van der Waals surface area contributed by atoms with Gasteiger partial charge in [0.1, 0.15) is 0 Å². The van der Waals surface area contributed by atoms with Crippen molar-refractivity contribution in [2.24, 2.45) is 16.6 Å². The van der Waals surface area contributed by atoms with Crippen molar-refractivity contribution in [3.63, 3.8) is 0 Å². The Hall–Kier alpha value is -1.45. The van der Waals surface area contributed by atoms with Gasteiger partial charge in [0.2, 0.25) is 5.24 Å². The molecule has 1 aromatic carbocycles. The molecule has 3 nitrogen and oxygen atoms in total. The predicted molar refractivity (Wildman–Crippen MR) is 93.3 cm³/mol. The zero-order chi connectivity index (χ0) is 16.3. The summed E-state index contributed by atoms with van der Waals surface area (Å²) in [7, 11) is 0. The van der Waals surface area contributed by atoms with Gasteiger partial charge in [-0.3, -0.25) is 9.79 Å². The number of carbonyl (C=O) groups excluding carboxylic acids is 1. The van der Waals surface area contributed by atoms with Gasteiger partial charge in [0.25, 0.3) is 0 Å². The van der Waals surface area contributed by atoms with Crippen LogP contribution in [-0.4, -0.2) is 23.5 Å². The van der Waals surface area contributed by atoms with Gasteiger partial charge in [-0.15, -0.1) is 0 Å². The summed E-state index contributed by atoms with van der Waals surface area (Å²) in [6.45, 7) is 6.48. The number of benzene rings is 1. The van der Waals surface area contributed by atoms with Gasteiger partial charge in [0.05, 0.1) is 12.0 Å². The van der Waals surface area contributed by atoms with E-state index < -0.39 is 5.92 Å². The van der Waals surface area contributed by atoms with E-state index in [0.29, 0.717) is 6.54 Å². The van der Waals surface area contributed by atoms with E-state index in [0.717, 1.165) is 35.3 Å². The number of dihydropyridines is 1. The van der Waals surface area contributed by atoms with Crippen LogP contribution in [0.2, 0.25) is 0 Å². The van der Waals surface area contributed by atoms with E-state index in [1.165, 1.54) is 5.56 Å². The molecule has 0 amide bonds. The fraction of sp³-hybridized carbons (Fsp3) is 0.444. The molecule has 0 bridgehead atoms. The normalized spacial score (nSPS) is 21.8.